The van der Waals surface area contributed by atoms with Crippen molar-refractivity contribution in [1.82, 2.24) is 14.9 Å². The number of hydrogen-bond acceptors (Lipinski definition) is 3. The molecule has 1 N–H and O–H groups in total. The Morgan fingerprint density at radius 1 is 1.39 bits per heavy atom. The van der Waals surface area contributed by atoms with Crippen LogP contribution in [-0.4, -0.2) is 21.2 Å². The third-order valence-corrected chi connectivity index (χ3v) is 2.43. The van der Waals surface area contributed by atoms with Gasteiger partial charge < -0.3 is 14.6 Å². The number of carbonyl (C=O) groups excluding carboxylic acids is 1. The zero-order chi connectivity index (χ0) is 13.9. The van der Waals surface area contributed by atoms with Crippen LogP contribution in [0.3, 0.4) is 0 Å². The third-order valence-electron chi connectivity index (χ3n) is 2.43. The molecule has 0 spiro atoms. The number of nitrogens with one attached hydrogen (secondary N) is 1. The molecule has 0 aliphatic carbocycles. The van der Waals surface area contributed by atoms with Crippen molar-refractivity contribution >= 4 is 6.09 Å². The fourth-order valence-electron chi connectivity index (χ4n) is 1.64. The van der Waals surface area contributed by atoms with Crippen LogP contribution in [-0.2, 0) is 4.74 Å². The molecule has 0 aliphatic rings. The molecule has 1 rings (SSSR count). The van der Waals surface area contributed by atoms with Crippen molar-refractivity contribution in [1.29, 1.82) is 0 Å². The second-order valence-electron chi connectivity index (χ2n) is 5.69. The summed E-state index contributed by atoms with van der Waals surface area (Å²) in [5.74, 6) is 0. The van der Waals surface area contributed by atoms with E-state index < -0.39 is 11.7 Å². The molecule has 0 radical (unpaired) electrons. The van der Waals surface area contributed by atoms with E-state index in [0.717, 1.165) is 5.69 Å². The van der Waals surface area contributed by atoms with E-state index in [9.17, 15) is 4.79 Å². The molecule has 0 fully saturated rings. The lowest BCUT2D eigenvalue weighted by molar-refractivity contribution is 0.0506. The summed E-state index contributed by atoms with van der Waals surface area (Å²) in [4.78, 5) is 15.8. The largest absolute Gasteiger partial charge is 0.444 e. The first-order chi connectivity index (χ1) is 8.20. The van der Waals surface area contributed by atoms with Gasteiger partial charge >= 0.3 is 6.09 Å². The number of aromatic nitrogens is 2. The Morgan fingerprint density at radius 2 is 2.00 bits per heavy atom. The maximum absolute atomic E-state index is 11.7. The molecule has 0 bridgehead atoms. The maximum Gasteiger partial charge on any atom is 0.408 e. The SMILES string of the molecule is CC(NC(=O)OC(C)(C)C)c1cncn1C(C)C. The van der Waals surface area contributed by atoms with E-state index in [4.69, 9.17) is 4.74 Å². The first-order valence-electron chi connectivity index (χ1n) is 6.22. The lowest BCUT2D eigenvalue weighted by atomic mass is 10.2. The van der Waals surface area contributed by atoms with Crippen LogP contribution in [0.25, 0.3) is 0 Å². The van der Waals surface area contributed by atoms with Gasteiger partial charge in [0, 0.05) is 6.04 Å². The van der Waals surface area contributed by atoms with Crippen molar-refractivity contribution in [2.24, 2.45) is 0 Å². The molecule has 5 heteroatoms. The normalized spacial score (nSPS) is 13.5. The third kappa shape index (κ3) is 4.05. The maximum atomic E-state index is 11.7. The molecule has 1 unspecified atom stereocenters. The summed E-state index contributed by atoms with van der Waals surface area (Å²) in [5.41, 5.74) is 0.484. The van der Waals surface area contributed by atoms with Crippen molar-refractivity contribution in [3.05, 3.63) is 18.2 Å². The fraction of sp³-hybridized carbons (Fsp3) is 0.692. The van der Waals surface area contributed by atoms with E-state index >= 15 is 0 Å². The summed E-state index contributed by atoms with van der Waals surface area (Å²) in [7, 11) is 0. The topological polar surface area (TPSA) is 56.1 Å². The second-order valence-corrected chi connectivity index (χ2v) is 5.69. The highest BCUT2D eigenvalue weighted by Crippen LogP contribution is 2.17. The molecule has 0 saturated heterocycles. The van der Waals surface area contributed by atoms with Gasteiger partial charge in [-0.3, -0.25) is 0 Å². The van der Waals surface area contributed by atoms with Gasteiger partial charge in [-0.1, -0.05) is 0 Å². The molecular formula is C13H23N3O2. The van der Waals surface area contributed by atoms with Crippen LogP contribution < -0.4 is 5.32 Å². The molecule has 1 heterocycles. The average molecular weight is 253 g/mol. The van der Waals surface area contributed by atoms with Crippen molar-refractivity contribution < 1.29 is 9.53 Å². The van der Waals surface area contributed by atoms with Gasteiger partial charge in [0.15, 0.2) is 0 Å². The van der Waals surface area contributed by atoms with Crippen molar-refractivity contribution in [2.75, 3.05) is 0 Å². The van der Waals surface area contributed by atoms with E-state index in [1.54, 1.807) is 12.5 Å². The first kappa shape index (κ1) is 14.5. The van der Waals surface area contributed by atoms with Crippen LogP contribution in [0.4, 0.5) is 4.79 Å². The van der Waals surface area contributed by atoms with Gasteiger partial charge in [0.25, 0.3) is 0 Å². The molecule has 102 valence electrons. The highest BCUT2D eigenvalue weighted by molar-refractivity contribution is 5.68. The number of carbonyl (C=O) groups is 1. The van der Waals surface area contributed by atoms with Gasteiger partial charge in [-0.2, -0.15) is 0 Å². The molecule has 1 atom stereocenters. The standard InChI is InChI=1S/C13H23N3O2/c1-9(2)16-8-14-7-11(16)10(3)15-12(17)18-13(4,5)6/h7-10H,1-6H3,(H,15,17). The second kappa shape index (κ2) is 5.42. The molecule has 1 aromatic heterocycles. The van der Waals surface area contributed by atoms with Crippen molar-refractivity contribution in [2.45, 2.75) is 59.2 Å². The van der Waals surface area contributed by atoms with Crippen LogP contribution in [0.15, 0.2) is 12.5 Å². The predicted octanol–water partition coefficient (Wildman–Crippen LogP) is 3.05. The van der Waals surface area contributed by atoms with Gasteiger partial charge in [0.2, 0.25) is 0 Å². The van der Waals surface area contributed by atoms with Crippen molar-refractivity contribution in [3.63, 3.8) is 0 Å². The van der Waals surface area contributed by atoms with Gasteiger partial charge in [0.05, 0.1) is 24.3 Å². The quantitative estimate of drug-likeness (QED) is 0.900. The Labute approximate surface area is 109 Å². The van der Waals surface area contributed by atoms with Crippen LogP contribution in [0.1, 0.15) is 59.3 Å². The first-order valence-corrected chi connectivity index (χ1v) is 6.22. The highest BCUT2D eigenvalue weighted by Gasteiger charge is 2.20. The van der Waals surface area contributed by atoms with Crippen LogP contribution in [0.2, 0.25) is 0 Å². The summed E-state index contributed by atoms with van der Waals surface area (Å²) in [6.45, 7) is 11.6. The summed E-state index contributed by atoms with van der Waals surface area (Å²) < 4.78 is 7.26. The number of alkyl carbamates (subject to hydrolysis) is 1. The zero-order valence-electron chi connectivity index (χ0n) is 12.0. The number of ether oxygens (including phenoxy) is 1. The fourth-order valence-corrected chi connectivity index (χ4v) is 1.64. The Hall–Kier alpha value is -1.52. The Balaban J connectivity index is 2.68. The Morgan fingerprint density at radius 3 is 2.50 bits per heavy atom. The zero-order valence-corrected chi connectivity index (χ0v) is 12.0. The number of hydrogen-bond donors (Lipinski definition) is 1. The minimum atomic E-state index is -0.484. The molecule has 1 amide bonds. The molecule has 5 nitrogen and oxygen atoms in total. The lowest BCUT2D eigenvalue weighted by Crippen LogP contribution is -2.34. The molecule has 18 heavy (non-hydrogen) atoms. The van der Waals surface area contributed by atoms with Crippen molar-refractivity contribution in [3.8, 4) is 0 Å². The monoisotopic (exact) mass is 253 g/mol. The summed E-state index contributed by atoms with van der Waals surface area (Å²) in [6.07, 6.45) is 3.13. The Kier molecular flexibility index (Phi) is 4.38. The number of nitrogens with zero attached hydrogens (tertiary/aromatic N) is 2. The lowest BCUT2D eigenvalue weighted by Gasteiger charge is -2.23. The highest BCUT2D eigenvalue weighted by atomic mass is 16.6. The van der Waals surface area contributed by atoms with Gasteiger partial charge in [-0.05, 0) is 41.5 Å². The molecule has 1 aromatic rings. The molecular weight excluding hydrogens is 230 g/mol. The summed E-state index contributed by atoms with van der Waals surface area (Å²) in [5, 5.41) is 2.81. The Bertz CT molecular complexity index is 405. The number of rotatable bonds is 3. The smallest absolute Gasteiger partial charge is 0.408 e. The average Bonchev–Trinajstić information content (AvgIpc) is 2.61. The summed E-state index contributed by atoms with van der Waals surface area (Å²) in [6, 6.07) is 0.176. The van der Waals surface area contributed by atoms with E-state index in [2.05, 4.69) is 24.1 Å². The molecule has 0 aliphatic heterocycles. The van der Waals surface area contributed by atoms with E-state index in [1.807, 2.05) is 32.3 Å². The number of imidazole rings is 1. The van der Waals surface area contributed by atoms with Gasteiger partial charge in [0.1, 0.15) is 5.60 Å². The van der Waals surface area contributed by atoms with Gasteiger partial charge in [-0.25, -0.2) is 9.78 Å². The predicted molar refractivity (Wildman–Crippen MR) is 70.4 cm³/mol. The van der Waals surface area contributed by atoms with E-state index in [-0.39, 0.29) is 6.04 Å². The molecule has 0 aromatic carbocycles. The van der Waals surface area contributed by atoms with Gasteiger partial charge in [-0.15, -0.1) is 0 Å². The minimum absolute atomic E-state index is 0.134. The van der Waals surface area contributed by atoms with E-state index in [1.165, 1.54) is 0 Å². The summed E-state index contributed by atoms with van der Waals surface area (Å²) >= 11 is 0. The van der Waals surface area contributed by atoms with E-state index in [0.29, 0.717) is 6.04 Å². The van der Waals surface area contributed by atoms with Crippen LogP contribution in [0.5, 0.6) is 0 Å². The van der Waals surface area contributed by atoms with Crippen LogP contribution >= 0.6 is 0 Å². The molecule has 0 saturated carbocycles. The minimum Gasteiger partial charge on any atom is -0.444 e. The van der Waals surface area contributed by atoms with Crippen LogP contribution in [0, 0.1) is 0 Å². The number of amides is 1.